The lowest BCUT2D eigenvalue weighted by molar-refractivity contribution is -0.123. The van der Waals surface area contributed by atoms with Crippen molar-refractivity contribution >= 4 is 21.8 Å². The lowest BCUT2D eigenvalue weighted by Crippen LogP contribution is -2.45. The van der Waals surface area contributed by atoms with Crippen LogP contribution in [0.3, 0.4) is 0 Å². The van der Waals surface area contributed by atoms with Crippen molar-refractivity contribution in [2.24, 2.45) is 0 Å². The Kier molecular flexibility index (Phi) is 5.61. The van der Waals surface area contributed by atoms with Crippen molar-refractivity contribution < 1.29 is 9.90 Å². The van der Waals surface area contributed by atoms with Gasteiger partial charge < -0.3 is 10.4 Å². The van der Waals surface area contributed by atoms with E-state index >= 15 is 0 Å². The van der Waals surface area contributed by atoms with Crippen LogP contribution in [0.2, 0.25) is 0 Å². The Morgan fingerprint density at radius 2 is 2.00 bits per heavy atom. The second-order valence-corrected chi connectivity index (χ2v) is 6.60. The molecule has 3 unspecified atom stereocenters. The Morgan fingerprint density at radius 1 is 1.35 bits per heavy atom. The van der Waals surface area contributed by atoms with E-state index in [0.717, 1.165) is 35.7 Å². The van der Waals surface area contributed by atoms with Crippen LogP contribution in [0.15, 0.2) is 28.7 Å². The number of halogens is 1. The molecule has 0 heterocycles. The van der Waals surface area contributed by atoms with E-state index in [1.807, 2.05) is 24.3 Å². The molecule has 0 aliphatic heterocycles. The van der Waals surface area contributed by atoms with Gasteiger partial charge in [-0.3, -0.25) is 4.79 Å². The number of hydrogen-bond donors (Lipinski definition) is 2. The molecular formula is C16H22BrNO2. The minimum Gasteiger partial charge on any atom is -0.391 e. The van der Waals surface area contributed by atoms with Gasteiger partial charge in [-0.2, -0.15) is 0 Å². The van der Waals surface area contributed by atoms with Crippen molar-refractivity contribution in [2.75, 3.05) is 0 Å². The number of rotatable bonds is 4. The van der Waals surface area contributed by atoms with Crippen LogP contribution >= 0.6 is 15.9 Å². The zero-order valence-electron chi connectivity index (χ0n) is 11.8. The summed E-state index contributed by atoms with van der Waals surface area (Å²) in [5.41, 5.74) is 1.16. The van der Waals surface area contributed by atoms with Crippen molar-refractivity contribution in [3.05, 3.63) is 34.3 Å². The normalized spacial score (nSPS) is 24.1. The minimum absolute atomic E-state index is 0.0337. The first-order chi connectivity index (χ1) is 9.56. The van der Waals surface area contributed by atoms with E-state index in [0.29, 0.717) is 6.42 Å². The molecule has 1 aliphatic carbocycles. The molecule has 1 fully saturated rings. The average molecular weight is 340 g/mol. The molecule has 0 saturated heterocycles. The monoisotopic (exact) mass is 339 g/mol. The second kappa shape index (κ2) is 7.23. The lowest BCUT2D eigenvalue weighted by atomic mass is 9.92. The standard InChI is InChI=1S/C16H22BrNO2/c1-11(12-6-8-13(17)9-7-12)10-16(20)18-14-4-2-3-5-15(14)19/h6-9,11,14-15,19H,2-5,10H2,1H3,(H,18,20). The third-order valence-corrected chi connectivity index (χ3v) is 4.54. The summed E-state index contributed by atoms with van der Waals surface area (Å²) in [6.45, 7) is 2.06. The molecule has 0 radical (unpaired) electrons. The van der Waals surface area contributed by atoms with Crippen molar-refractivity contribution in [3.8, 4) is 0 Å². The largest absolute Gasteiger partial charge is 0.391 e. The van der Waals surface area contributed by atoms with Crippen LogP contribution in [0.5, 0.6) is 0 Å². The molecule has 20 heavy (non-hydrogen) atoms. The maximum Gasteiger partial charge on any atom is 0.220 e. The average Bonchev–Trinajstić information content (AvgIpc) is 2.42. The van der Waals surface area contributed by atoms with Gasteiger partial charge in [0.05, 0.1) is 12.1 Å². The Hall–Kier alpha value is -0.870. The minimum atomic E-state index is -0.379. The number of benzene rings is 1. The zero-order chi connectivity index (χ0) is 14.5. The van der Waals surface area contributed by atoms with E-state index in [-0.39, 0.29) is 24.0 Å². The molecule has 1 aliphatic rings. The Morgan fingerprint density at radius 3 is 2.65 bits per heavy atom. The molecule has 0 spiro atoms. The highest BCUT2D eigenvalue weighted by atomic mass is 79.9. The predicted molar refractivity (Wildman–Crippen MR) is 83.6 cm³/mol. The Labute approximate surface area is 128 Å². The molecule has 110 valence electrons. The van der Waals surface area contributed by atoms with Gasteiger partial charge in [-0.05, 0) is 36.5 Å². The highest BCUT2D eigenvalue weighted by Crippen LogP contribution is 2.22. The highest BCUT2D eigenvalue weighted by molar-refractivity contribution is 9.10. The van der Waals surface area contributed by atoms with Crippen LogP contribution in [0.25, 0.3) is 0 Å². The maximum atomic E-state index is 12.1. The number of carbonyl (C=O) groups excluding carboxylic acids is 1. The molecular weight excluding hydrogens is 318 g/mol. The van der Waals surface area contributed by atoms with Crippen molar-refractivity contribution in [3.63, 3.8) is 0 Å². The third-order valence-electron chi connectivity index (χ3n) is 4.01. The van der Waals surface area contributed by atoms with Crippen LogP contribution in [0.4, 0.5) is 0 Å². The van der Waals surface area contributed by atoms with Gasteiger partial charge in [0, 0.05) is 10.9 Å². The first-order valence-corrected chi connectivity index (χ1v) is 8.08. The molecule has 1 amide bonds. The quantitative estimate of drug-likeness (QED) is 0.883. The van der Waals surface area contributed by atoms with Crippen molar-refractivity contribution in [1.29, 1.82) is 0 Å². The predicted octanol–water partition coefficient (Wildman–Crippen LogP) is 3.36. The van der Waals surface area contributed by atoms with Gasteiger partial charge >= 0.3 is 0 Å². The molecule has 0 aromatic heterocycles. The molecule has 4 heteroatoms. The van der Waals surface area contributed by atoms with Crippen molar-refractivity contribution in [1.82, 2.24) is 5.32 Å². The molecule has 0 bridgehead atoms. The fourth-order valence-electron chi connectivity index (χ4n) is 2.73. The Bertz CT molecular complexity index is 446. The summed E-state index contributed by atoms with van der Waals surface area (Å²) in [5, 5.41) is 12.9. The summed E-state index contributed by atoms with van der Waals surface area (Å²) in [6, 6.07) is 8.01. The molecule has 2 rings (SSSR count). The van der Waals surface area contributed by atoms with Crippen LogP contribution in [-0.2, 0) is 4.79 Å². The zero-order valence-corrected chi connectivity index (χ0v) is 13.4. The maximum absolute atomic E-state index is 12.1. The first-order valence-electron chi connectivity index (χ1n) is 7.29. The number of aliphatic hydroxyl groups is 1. The summed E-state index contributed by atoms with van der Waals surface area (Å²) >= 11 is 3.41. The van der Waals surface area contributed by atoms with E-state index in [1.54, 1.807) is 0 Å². The van der Waals surface area contributed by atoms with E-state index in [1.165, 1.54) is 0 Å². The van der Waals surface area contributed by atoms with Gasteiger partial charge in [-0.15, -0.1) is 0 Å². The lowest BCUT2D eigenvalue weighted by Gasteiger charge is -2.28. The van der Waals surface area contributed by atoms with Gasteiger partial charge in [-0.25, -0.2) is 0 Å². The van der Waals surface area contributed by atoms with Crippen LogP contribution in [0, 0.1) is 0 Å². The fraction of sp³-hybridized carbons (Fsp3) is 0.562. The third kappa shape index (κ3) is 4.32. The number of amides is 1. The highest BCUT2D eigenvalue weighted by Gasteiger charge is 2.24. The van der Waals surface area contributed by atoms with Crippen molar-refractivity contribution in [2.45, 2.75) is 57.1 Å². The van der Waals surface area contributed by atoms with E-state index in [9.17, 15) is 9.90 Å². The number of hydrogen-bond acceptors (Lipinski definition) is 2. The number of aliphatic hydroxyl groups excluding tert-OH is 1. The SMILES string of the molecule is CC(CC(=O)NC1CCCCC1O)c1ccc(Br)cc1. The van der Waals surface area contributed by atoms with Crippen LogP contribution in [-0.4, -0.2) is 23.2 Å². The first kappa shape index (κ1) is 15.5. The molecule has 3 atom stereocenters. The topological polar surface area (TPSA) is 49.3 Å². The van der Waals surface area contributed by atoms with Gasteiger partial charge in [0.1, 0.15) is 0 Å². The van der Waals surface area contributed by atoms with Gasteiger partial charge in [0.25, 0.3) is 0 Å². The molecule has 1 saturated carbocycles. The summed E-state index contributed by atoms with van der Waals surface area (Å²) in [4.78, 5) is 12.1. The number of nitrogens with one attached hydrogen (secondary N) is 1. The summed E-state index contributed by atoms with van der Waals surface area (Å²) in [7, 11) is 0. The smallest absolute Gasteiger partial charge is 0.220 e. The fourth-order valence-corrected chi connectivity index (χ4v) is 3.00. The van der Waals surface area contributed by atoms with Crippen LogP contribution < -0.4 is 5.32 Å². The van der Waals surface area contributed by atoms with E-state index in [2.05, 4.69) is 28.2 Å². The van der Waals surface area contributed by atoms with E-state index in [4.69, 9.17) is 0 Å². The molecule has 2 N–H and O–H groups in total. The van der Waals surface area contributed by atoms with Gasteiger partial charge in [0.2, 0.25) is 5.91 Å². The van der Waals surface area contributed by atoms with E-state index < -0.39 is 0 Å². The van der Waals surface area contributed by atoms with Gasteiger partial charge in [-0.1, -0.05) is 47.8 Å². The summed E-state index contributed by atoms with van der Waals surface area (Å²) < 4.78 is 1.04. The van der Waals surface area contributed by atoms with Crippen LogP contribution in [0.1, 0.15) is 50.5 Å². The molecule has 1 aromatic rings. The Balaban J connectivity index is 1.85. The van der Waals surface area contributed by atoms with Gasteiger partial charge in [0.15, 0.2) is 0 Å². The summed E-state index contributed by atoms with van der Waals surface area (Å²) in [6.07, 6.45) is 3.92. The number of carbonyl (C=O) groups is 1. The summed E-state index contributed by atoms with van der Waals surface area (Å²) in [5.74, 6) is 0.218. The second-order valence-electron chi connectivity index (χ2n) is 5.68. The molecule has 3 nitrogen and oxygen atoms in total. The molecule has 1 aromatic carbocycles.